The van der Waals surface area contributed by atoms with Crippen LogP contribution in [0.15, 0.2) is 23.1 Å². The Morgan fingerprint density at radius 3 is 2.38 bits per heavy atom. The lowest BCUT2D eigenvalue weighted by Gasteiger charge is -2.28. The van der Waals surface area contributed by atoms with Gasteiger partial charge in [0, 0.05) is 12.6 Å². The molecule has 0 aromatic heterocycles. The van der Waals surface area contributed by atoms with Crippen molar-refractivity contribution in [2.45, 2.75) is 24.0 Å². The van der Waals surface area contributed by atoms with Crippen LogP contribution in [0.5, 0.6) is 11.5 Å². The first-order valence-corrected chi connectivity index (χ1v) is 10.5. The highest BCUT2D eigenvalue weighted by Gasteiger charge is 2.44. The maximum atomic E-state index is 13.0. The highest BCUT2D eigenvalue weighted by Crippen LogP contribution is 2.33. The molecule has 1 fully saturated rings. The van der Waals surface area contributed by atoms with Crippen molar-refractivity contribution < 1.29 is 31.4 Å². The second-order valence-electron chi connectivity index (χ2n) is 5.44. The monoisotopic (exact) mass is 379 g/mol. The zero-order chi connectivity index (χ0) is 18.1. The Morgan fingerprint density at radius 1 is 1.25 bits per heavy atom. The van der Waals surface area contributed by atoms with Crippen LogP contribution in [-0.2, 0) is 19.9 Å². The molecule has 0 unspecified atom stereocenters. The lowest BCUT2D eigenvalue weighted by atomic mass is 10.2. The van der Waals surface area contributed by atoms with E-state index in [-0.39, 0.29) is 17.2 Å². The summed E-state index contributed by atoms with van der Waals surface area (Å²) in [7, 11) is -4.83. The summed E-state index contributed by atoms with van der Waals surface area (Å²) in [6.45, 7) is 1.60. The van der Waals surface area contributed by atoms with E-state index in [1.54, 1.807) is 13.0 Å². The average molecular weight is 379 g/mol. The van der Waals surface area contributed by atoms with Gasteiger partial charge in [0.2, 0.25) is 10.0 Å². The van der Waals surface area contributed by atoms with Crippen LogP contribution in [0, 0.1) is 0 Å². The molecular weight excluding hydrogens is 358 g/mol. The second-order valence-corrected chi connectivity index (χ2v) is 9.45. The van der Waals surface area contributed by atoms with Crippen molar-refractivity contribution in [3.8, 4) is 11.5 Å². The summed E-state index contributed by atoms with van der Waals surface area (Å²) in [6, 6.07) is 3.30. The zero-order valence-electron chi connectivity index (χ0n) is 13.7. The Bertz CT molecular complexity index is 804. The van der Waals surface area contributed by atoms with E-state index in [1.807, 2.05) is 0 Å². The van der Waals surface area contributed by atoms with Gasteiger partial charge in [0.25, 0.3) is 0 Å². The van der Waals surface area contributed by atoms with Crippen molar-refractivity contribution >= 4 is 19.9 Å². The maximum Gasteiger partial charge on any atom is 0.247 e. The minimum atomic E-state index is -4.09. The predicted octanol–water partition coefficient (Wildman–Crippen LogP) is -0.128. The third-order valence-corrected chi connectivity index (χ3v) is 7.65. The van der Waals surface area contributed by atoms with Crippen molar-refractivity contribution in [3.63, 3.8) is 0 Å². The molecule has 1 N–H and O–H groups in total. The topological polar surface area (TPSA) is 110 Å². The normalized spacial score (nSPS) is 23.4. The van der Waals surface area contributed by atoms with Gasteiger partial charge < -0.3 is 14.6 Å². The fraction of sp³-hybridized carbons (Fsp3) is 0.571. The molecule has 0 bridgehead atoms. The van der Waals surface area contributed by atoms with Gasteiger partial charge in [-0.3, -0.25) is 0 Å². The number of aliphatic hydroxyl groups excluding tert-OH is 1. The van der Waals surface area contributed by atoms with Crippen molar-refractivity contribution in [2.75, 3.05) is 32.3 Å². The van der Waals surface area contributed by atoms with Gasteiger partial charge in [0.05, 0.1) is 37.9 Å². The molecule has 0 aliphatic carbocycles. The fourth-order valence-electron chi connectivity index (χ4n) is 2.78. The third-order valence-electron chi connectivity index (χ3n) is 3.93. The predicted molar refractivity (Wildman–Crippen MR) is 87.6 cm³/mol. The van der Waals surface area contributed by atoms with Gasteiger partial charge in [0.1, 0.15) is 16.4 Å². The Hall–Kier alpha value is -1.36. The van der Waals surface area contributed by atoms with E-state index in [0.29, 0.717) is 5.75 Å². The van der Waals surface area contributed by atoms with E-state index in [4.69, 9.17) is 9.47 Å². The van der Waals surface area contributed by atoms with Crippen LogP contribution >= 0.6 is 0 Å². The average Bonchev–Trinajstić information content (AvgIpc) is 2.79. The van der Waals surface area contributed by atoms with Crippen LogP contribution in [0.3, 0.4) is 0 Å². The molecular formula is C14H21NO7S2. The van der Waals surface area contributed by atoms with Crippen molar-refractivity contribution in [2.24, 2.45) is 0 Å². The number of aliphatic hydroxyl groups is 1. The highest BCUT2D eigenvalue weighted by molar-refractivity contribution is 7.92. The first-order chi connectivity index (χ1) is 11.2. The molecule has 24 heavy (non-hydrogen) atoms. The number of nitrogens with zero attached hydrogens (tertiary/aromatic N) is 1. The highest BCUT2D eigenvalue weighted by atomic mass is 32.2. The SMILES string of the molecule is CCN([C@@H]1CS(=O)(=O)C[C@H]1O)S(=O)(=O)c1cc(OC)ccc1OC. The summed E-state index contributed by atoms with van der Waals surface area (Å²) in [6.07, 6.45) is -1.26. The molecule has 1 aliphatic rings. The Labute approximate surface area is 142 Å². The molecule has 1 aromatic rings. The van der Waals surface area contributed by atoms with Crippen LogP contribution in [-0.4, -0.2) is 70.7 Å². The Balaban J connectivity index is 2.52. The van der Waals surface area contributed by atoms with E-state index in [2.05, 4.69) is 0 Å². The van der Waals surface area contributed by atoms with Crippen LogP contribution in [0.2, 0.25) is 0 Å². The van der Waals surface area contributed by atoms with Gasteiger partial charge in [-0.1, -0.05) is 6.92 Å². The number of hydrogen-bond acceptors (Lipinski definition) is 7. The van der Waals surface area contributed by atoms with Crippen LogP contribution in [0.4, 0.5) is 0 Å². The third kappa shape index (κ3) is 3.51. The van der Waals surface area contributed by atoms with Gasteiger partial charge in [-0.25, -0.2) is 16.8 Å². The molecule has 2 rings (SSSR count). The number of sulfone groups is 1. The molecule has 8 nitrogen and oxygen atoms in total. The van der Waals surface area contributed by atoms with E-state index in [9.17, 15) is 21.9 Å². The van der Waals surface area contributed by atoms with Gasteiger partial charge in [-0.2, -0.15) is 4.31 Å². The van der Waals surface area contributed by atoms with Crippen LogP contribution in [0.25, 0.3) is 0 Å². The van der Waals surface area contributed by atoms with Crippen molar-refractivity contribution in [3.05, 3.63) is 18.2 Å². The molecule has 0 radical (unpaired) electrons. The zero-order valence-corrected chi connectivity index (χ0v) is 15.3. The maximum absolute atomic E-state index is 13.0. The molecule has 10 heteroatoms. The number of rotatable bonds is 6. The molecule has 1 aliphatic heterocycles. The Kier molecular flexibility index (Phi) is 5.43. The van der Waals surface area contributed by atoms with Crippen molar-refractivity contribution in [1.82, 2.24) is 4.31 Å². The summed E-state index contributed by atoms with van der Waals surface area (Å²) in [5.41, 5.74) is 0. The minimum absolute atomic E-state index is 0.0138. The number of ether oxygens (including phenoxy) is 2. The second kappa shape index (κ2) is 6.87. The number of methoxy groups -OCH3 is 2. The molecule has 136 valence electrons. The standard InChI is InChI=1S/C14H21NO7S2/c1-4-15(11-8-23(17,18)9-12(11)16)24(19,20)14-7-10(21-2)5-6-13(14)22-3/h5-7,11-12,16H,4,8-9H2,1-3H3/t11-,12-/m1/s1. The molecule has 0 amide bonds. The molecule has 1 aromatic carbocycles. The lowest BCUT2D eigenvalue weighted by Crippen LogP contribution is -2.46. The van der Waals surface area contributed by atoms with Crippen LogP contribution in [0.1, 0.15) is 6.92 Å². The number of hydrogen-bond donors (Lipinski definition) is 1. The van der Waals surface area contributed by atoms with E-state index < -0.39 is 43.5 Å². The molecule has 0 saturated carbocycles. The van der Waals surface area contributed by atoms with E-state index in [0.717, 1.165) is 4.31 Å². The van der Waals surface area contributed by atoms with E-state index in [1.165, 1.54) is 26.4 Å². The van der Waals surface area contributed by atoms with Gasteiger partial charge in [-0.05, 0) is 12.1 Å². The van der Waals surface area contributed by atoms with Gasteiger partial charge >= 0.3 is 0 Å². The first kappa shape index (κ1) is 19.0. The summed E-state index contributed by atoms with van der Waals surface area (Å²) in [4.78, 5) is -0.136. The molecule has 1 heterocycles. The van der Waals surface area contributed by atoms with E-state index >= 15 is 0 Å². The van der Waals surface area contributed by atoms with Gasteiger partial charge in [-0.15, -0.1) is 0 Å². The first-order valence-electron chi connectivity index (χ1n) is 7.28. The number of benzene rings is 1. The number of likely N-dealkylation sites (N-methyl/N-ethyl adjacent to an activating group) is 1. The summed E-state index contributed by atoms with van der Waals surface area (Å²) < 4.78 is 60.7. The van der Waals surface area contributed by atoms with Crippen molar-refractivity contribution in [1.29, 1.82) is 0 Å². The lowest BCUT2D eigenvalue weighted by molar-refractivity contribution is 0.130. The fourth-order valence-corrected chi connectivity index (χ4v) is 6.51. The summed E-state index contributed by atoms with van der Waals surface area (Å²) in [5.74, 6) is -0.415. The number of sulfonamides is 1. The smallest absolute Gasteiger partial charge is 0.247 e. The quantitative estimate of drug-likeness (QED) is 0.733. The minimum Gasteiger partial charge on any atom is -0.497 e. The largest absolute Gasteiger partial charge is 0.497 e. The molecule has 0 spiro atoms. The molecule has 1 saturated heterocycles. The van der Waals surface area contributed by atoms with Crippen LogP contribution < -0.4 is 9.47 Å². The summed E-state index contributed by atoms with van der Waals surface area (Å²) >= 11 is 0. The Morgan fingerprint density at radius 2 is 1.92 bits per heavy atom. The summed E-state index contributed by atoms with van der Waals surface area (Å²) in [5, 5.41) is 10.0. The molecule has 2 atom stereocenters. The van der Waals surface area contributed by atoms with Gasteiger partial charge in [0.15, 0.2) is 9.84 Å².